The molecule has 0 aliphatic heterocycles. The van der Waals surface area contributed by atoms with Gasteiger partial charge in [0.1, 0.15) is 5.76 Å². The first kappa shape index (κ1) is 21.1. The Hall–Kier alpha value is -2.74. The van der Waals surface area contributed by atoms with Gasteiger partial charge in [-0.2, -0.15) is 0 Å². The Morgan fingerprint density at radius 1 is 1.12 bits per heavy atom. The number of amides is 1. The number of nitro benzene ring substituents is 1. The molecule has 32 heavy (non-hydrogen) atoms. The number of thiocarbonyl (C=S) groups is 1. The van der Waals surface area contributed by atoms with E-state index in [2.05, 4.69) is 17.6 Å². The molecule has 168 valence electrons. The quantitative estimate of drug-likeness (QED) is 0.373. The van der Waals surface area contributed by atoms with Crippen molar-refractivity contribution in [3.05, 3.63) is 52.3 Å². The van der Waals surface area contributed by atoms with Crippen LogP contribution in [0, 0.1) is 33.3 Å². The van der Waals surface area contributed by atoms with Crippen molar-refractivity contribution in [2.24, 2.45) is 23.2 Å². The lowest BCUT2D eigenvalue weighted by atomic mass is 9.48. The molecule has 4 aliphatic carbocycles. The van der Waals surface area contributed by atoms with Crippen molar-refractivity contribution >= 4 is 28.9 Å². The van der Waals surface area contributed by atoms with E-state index in [4.69, 9.17) is 16.6 Å². The normalized spacial score (nSPS) is 28.8. The molecular weight excluding hydrogens is 426 g/mol. The van der Waals surface area contributed by atoms with Crippen LogP contribution in [0.2, 0.25) is 0 Å². The van der Waals surface area contributed by atoms with Gasteiger partial charge in [0.25, 0.3) is 11.6 Å². The average molecular weight is 454 g/mol. The topological polar surface area (TPSA) is 97.4 Å². The molecule has 4 saturated carbocycles. The van der Waals surface area contributed by atoms with Gasteiger partial charge >= 0.3 is 0 Å². The van der Waals surface area contributed by atoms with Gasteiger partial charge in [-0.3, -0.25) is 20.2 Å². The highest BCUT2D eigenvalue weighted by atomic mass is 32.1. The smallest absolute Gasteiger partial charge is 0.293 e. The minimum Gasteiger partial charge on any atom is -0.451 e. The fourth-order valence-corrected chi connectivity index (χ4v) is 6.97. The van der Waals surface area contributed by atoms with Gasteiger partial charge in [0.2, 0.25) is 0 Å². The number of carbonyl (C=O) groups excluding carboxylic acids is 1. The van der Waals surface area contributed by atoms with Gasteiger partial charge in [-0.1, -0.05) is 12.1 Å². The second-order valence-electron chi connectivity index (χ2n) is 9.87. The lowest BCUT2D eigenvalue weighted by Gasteiger charge is -2.59. The molecule has 2 aromatic rings. The summed E-state index contributed by atoms with van der Waals surface area (Å²) in [5.74, 6) is 2.39. The van der Waals surface area contributed by atoms with E-state index in [0.717, 1.165) is 17.8 Å². The molecular formula is C24H27N3O4S. The highest BCUT2D eigenvalue weighted by Gasteiger charge is 2.53. The summed E-state index contributed by atoms with van der Waals surface area (Å²) >= 11 is 5.44. The highest BCUT2D eigenvalue weighted by molar-refractivity contribution is 7.80. The minimum absolute atomic E-state index is 0.0600. The van der Waals surface area contributed by atoms with Crippen molar-refractivity contribution in [3.63, 3.8) is 0 Å². The van der Waals surface area contributed by atoms with Gasteiger partial charge in [-0.15, -0.1) is 0 Å². The Morgan fingerprint density at radius 2 is 1.75 bits per heavy atom. The molecule has 7 nitrogen and oxygen atoms in total. The first-order valence-corrected chi connectivity index (χ1v) is 11.7. The molecule has 0 saturated heterocycles. The van der Waals surface area contributed by atoms with E-state index >= 15 is 0 Å². The van der Waals surface area contributed by atoms with Crippen molar-refractivity contribution < 1.29 is 14.1 Å². The first-order chi connectivity index (χ1) is 15.3. The van der Waals surface area contributed by atoms with Gasteiger partial charge in [-0.05, 0) is 99.0 Å². The maximum absolute atomic E-state index is 12.7. The summed E-state index contributed by atoms with van der Waals surface area (Å²) in [6, 6.07) is 9.55. The zero-order chi connectivity index (χ0) is 22.5. The molecule has 6 rings (SSSR count). The zero-order valence-electron chi connectivity index (χ0n) is 18.0. The van der Waals surface area contributed by atoms with Crippen LogP contribution in [0.5, 0.6) is 0 Å². The molecule has 1 amide bonds. The van der Waals surface area contributed by atoms with Crippen molar-refractivity contribution in [2.75, 3.05) is 0 Å². The molecule has 0 spiro atoms. The summed E-state index contributed by atoms with van der Waals surface area (Å²) in [7, 11) is 0. The number of furan rings is 1. The van der Waals surface area contributed by atoms with Gasteiger partial charge < -0.3 is 9.73 Å². The van der Waals surface area contributed by atoms with E-state index in [1.807, 2.05) is 0 Å². The van der Waals surface area contributed by atoms with Crippen LogP contribution in [0.25, 0.3) is 11.3 Å². The van der Waals surface area contributed by atoms with Crippen LogP contribution in [0.4, 0.5) is 5.69 Å². The average Bonchev–Trinajstić information content (AvgIpc) is 3.23. The Kier molecular flexibility index (Phi) is 5.28. The molecule has 1 aromatic carbocycles. The molecule has 8 heteroatoms. The third-order valence-electron chi connectivity index (χ3n) is 7.77. The summed E-state index contributed by atoms with van der Waals surface area (Å²) in [5.41, 5.74) is 0.524. The largest absolute Gasteiger partial charge is 0.451 e. The third kappa shape index (κ3) is 3.81. The summed E-state index contributed by atoms with van der Waals surface area (Å²) in [5, 5.41) is 17.6. The Labute approximate surface area is 192 Å². The SMILES string of the molecule is C[C@H](NC(=S)NC(=O)c1ccc(-c2ccccc2[N+](=O)[O-])o1)C12CC3CC(CC(C3)C1)C2. The molecule has 1 aromatic heterocycles. The van der Waals surface area contributed by atoms with E-state index in [9.17, 15) is 14.9 Å². The maximum Gasteiger partial charge on any atom is 0.293 e. The number of nitrogens with zero attached hydrogens (tertiary/aromatic N) is 1. The van der Waals surface area contributed by atoms with Crippen LogP contribution in [0.15, 0.2) is 40.8 Å². The van der Waals surface area contributed by atoms with Crippen LogP contribution >= 0.6 is 12.2 Å². The molecule has 2 N–H and O–H groups in total. The summed E-state index contributed by atoms with van der Waals surface area (Å²) in [6.45, 7) is 2.19. The van der Waals surface area contributed by atoms with Gasteiger partial charge in [-0.25, -0.2) is 0 Å². The highest BCUT2D eigenvalue weighted by Crippen LogP contribution is 2.61. The van der Waals surface area contributed by atoms with Gasteiger partial charge in [0.05, 0.1) is 10.5 Å². The summed E-state index contributed by atoms with van der Waals surface area (Å²) in [6.07, 6.45) is 7.90. The Morgan fingerprint density at radius 3 is 2.38 bits per heavy atom. The molecule has 1 atom stereocenters. The summed E-state index contributed by atoms with van der Waals surface area (Å²) < 4.78 is 5.62. The lowest BCUT2D eigenvalue weighted by molar-refractivity contribution is -0.384. The minimum atomic E-state index is -0.470. The van der Waals surface area contributed by atoms with E-state index in [1.54, 1.807) is 24.3 Å². The molecule has 0 radical (unpaired) electrons. The molecule has 4 bridgehead atoms. The standard InChI is InChI=1S/C24H27N3O4S/c1-14(24-11-15-8-16(12-24)10-17(9-15)13-24)25-23(32)26-22(28)21-7-6-20(31-21)18-4-2-3-5-19(18)27(29)30/h2-7,14-17H,8-13H2,1H3,(H2,25,26,28,32)/t14-,15?,16?,17?,24?/m0/s1. The van der Waals surface area contributed by atoms with Crippen molar-refractivity contribution in [1.82, 2.24) is 10.6 Å². The number of hydrogen-bond donors (Lipinski definition) is 2. The van der Waals surface area contributed by atoms with E-state index < -0.39 is 10.8 Å². The fraction of sp³-hybridized carbons (Fsp3) is 0.500. The molecule has 4 aliphatic rings. The fourth-order valence-electron chi connectivity index (χ4n) is 6.70. The van der Waals surface area contributed by atoms with Gasteiger partial charge in [0.15, 0.2) is 10.9 Å². The Bertz CT molecular complexity index is 1040. The van der Waals surface area contributed by atoms with Crippen molar-refractivity contribution in [3.8, 4) is 11.3 Å². The number of benzene rings is 1. The van der Waals surface area contributed by atoms with Crippen LogP contribution < -0.4 is 10.6 Å². The number of nitrogens with one attached hydrogen (secondary N) is 2. The van der Waals surface area contributed by atoms with E-state index in [1.165, 1.54) is 50.7 Å². The second kappa shape index (κ2) is 7.99. The zero-order valence-corrected chi connectivity index (χ0v) is 18.8. The van der Waals surface area contributed by atoms with Crippen LogP contribution in [0.3, 0.4) is 0 Å². The monoisotopic (exact) mass is 453 g/mol. The number of hydrogen-bond acceptors (Lipinski definition) is 5. The second-order valence-corrected chi connectivity index (χ2v) is 10.3. The number of nitro groups is 1. The van der Waals surface area contributed by atoms with E-state index in [0.29, 0.717) is 10.7 Å². The maximum atomic E-state index is 12.7. The van der Waals surface area contributed by atoms with Crippen molar-refractivity contribution in [1.29, 1.82) is 0 Å². The van der Waals surface area contributed by atoms with Crippen molar-refractivity contribution in [2.45, 2.75) is 51.5 Å². The summed E-state index contributed by atoms with van der Waals surface area (Å²) in [4.78, 5) is 23.5. The predicted molar refractivity (Wildman–Crippen MR) is 124 cm³/mol. The number of carbonyl (C=O) groups is 1. The lowest BCUT2D eigenvalue weighted by Crippen LogP contribution is -2.57. The van der Waals surface area contributed by atoms with Crippen LogP contribution in [0.1, 0.15) is 56.0 Å². The Balaban J connectivity index is 1.23. The molecule has 0 unspecified atom stereocenters. The van der Waals surface area contributed by atoms with E-state index in [-0.39, 0.29) is 28.7 Å². The molecule has 1 heterocycles. The number of rotatable bonds is 5. The third-order valence-corrected chi connectivity index (χ3v) is 7.99. The first-order valence-electron chi connectivity index (χ1n) is 11.3. The predicted octanol–water partition coefficient (Wildman–Crippen LogP) is 5.06. The number of para-hydroxylation sites is 1. The van der Waals surface area contributed by atoms with Crippen LogP contribution in [-0.4, -0.2) is 22.0 Å². The molecule has 4 fully saturated rings. The van der Waals surface area contributed by atoms with Gasteiger partial charge in [0, 0.05) is 12.1 Å². The van der Waals surface area contributed by atoms with Crippen LogP contribution in [-0.2, 0) is 0 Å².